The minimum absolute atomic E-state index is 0.634. The maximum Gasteiger partial charge on any atom is -0.00795 e. The predicted molar refractivity (Wildman–Crippen MR) is 57.8 cm³/mol. The van der Waals surface area contributed by atoms with Gasteiger partial charge >= 0.3 is 0 Å². The molecule has 0 nitrogen and oxygen atoms in total. The average Bonchev–Trinajstić information content (AvgIpc) is 2.80. The molecule has 4 aliphatic carbocycles. The Balaban J connectivity index is 1.85. The fourth-order valence-corrected chi connectivity index (χ4v) is 5.76. The van der Waals surface area contributed by atoms with Crippen LogP contribution in [0.1, 0.15) is 39.5 Å². The second-order valence-corrected chi connectivity index (χ2v) is 6.57. The molecule has 4 rings (SSSR count). The van der Waals surface area contributed by atoms with E-state index in [0.717, 1.165) is 29.6 Å². The van der Waals surface area contributed by atoms with Crippen molar-refractivity contribution in [1.82, 2.24) is 0 Å². The van der Waals surface area contributed by atoms with Gasteiger partial charge in [0.2, 0.25) is 0 Å². The van der Waals surface area contributed by atoms with Gasteiger partial charge in [-0.1, -0.05) is 18.6 Å². The lowest BCUT2D eigenvalue weighted by molar-refractivity contribution is 0.148. The molecule has 3 saturated carbocycles. The van der Waals surface area contributed by atoms with E-state index in [1.54, 1.807) is 24.8 Å². The largest absolute Gasteiger partial charge is 0.0816 e. The van der Waals surface area contributed by atoms with Gasteiger partial charge in [-0.3, -0.25) is 0 Å². The minimum atomic E-state index is 0.634. The zero-order chi connectivity index (χ0) is 9.50. The van der Waals surface area contributed by atoms with E-state index in [-0.39, 0.29) is 0 Å². The summed E-state index contributed by atoms with van der Waals surface area (Å²) in [5, 5.41) is 0. The number of hydrogen-bond donors (Lipinski definition) is 0. The van der Waals surface area contributed by atoms with E-state index in [1.165, 1.54) is 6.42 Å². The second-order valence-electron chi connectivity index (χ2n) is 6.57. The maximum absolute atomic E-state index is 2.63. The van der Waals surface area contributed by atoms with E-state index in [4.69, 9.17) is 0 Å². The standard InChI is InChI=1S/C14H20/c1-8-5-11-7-14(8,2)13-10-4-3-9(6-10)12(11)13/h5,9-13H,3-4,6-7H2,1-2H3. The average molecular weight is 188 g/mol. The monoisotopic (exact) mass is 188 g/mol. The first-order valence-electron chi connectivity index (χ1n) is 6.39. The van der Waals surface area contributed by atoms with E-state index in [1.807, 2.05) is 0 Å². The van der Waals surface area contributed by atoms with Gasteiger partial charge in [-0.25, -0.2) is 0 Å². The van der Waals surface area contributed by atoms with Crippen LogP contribution in [0.5, 0.6) is 0 Å². The van der Waals surface area contributed by atoms with Crippen LogP contribution in [0.3, 0.4) is 0 Å². The number of allylic oxidation sites excluding steroid dienone is 2. The summed E-state index contributed by atoms with van der Waals surface area (Å²) in [6.45, 7) is 4.95. The second kappa shape index (κ2) is 2.13. The van der Waals surface area contributed by atoms with Crippen LogP contribution in [0, 0.1) is 35.0 Å². The molecule has 0 radical (unpaired) electrons. The van der Waals surface area contributed by atoms with Crippen LogP contribution in [0.2, 0.25) is 0 Å². The molecule has 0 heteroatoms. The third-order valence-electron chi connectivity index (χ3n) is 6.24. The lowest BCUT2D eigenvalue weighted by atomic mass is 9.65. The molecular weight excluding hydrogens is 168 g/mol. The Kier molecular flexibility index (Phi) is 1.21. The summed E-state index contributed by atoms with van der Waals surface area (Å²) in [7, 11) is 0. The molecule has 0 saturated heterocycles. The normalized spacial score (nSPS) is 63.3. The summed E-state index contributed by atoms with van der Waals surface area (Å²) in [5.41, 5.74) is 2.37. The Labute approximate surface area is 86.8 Å². The summed E-state index contributed by atoms with van der Waals surface area (Å²) in [5.74, 6) is 5.43. The van der Waals surface area contributed by atoms with Crippen LogP contribution < -0.4 is 0 Å². The van der Waals surface area contributed by atoms with Gasteiger partial charge in [0.25, 0.3) is 0 Å². The van der Waals surface area contributed by atoms with Crippen molar-refractivity contribution in [3.05, 3.63) is 11.6 Å². The SMILES string of the molecule is CC1=CC2CC1(C)C1C3CCC(C3)C21. The number of hydrogen-bond acceptors (Lipinski definition) is 0. The van der Waals surface area contributed by atoms with E-state index in [2.05, 4.69) is 19.9 Å². The fraction of sp³-hybridized carbons (Fsp3) is 0.857. The Hall–Kier alpha value is -0.260. The maximum atomic E-state index is 2.63. The Bertz CT molecular complexity index is 327. The lowest BCUT2D eigenvalue weighted by Crippen LogP contribution is -2.33. The van der Waals surface area contributed by atoms with Crippen molar-refractivity contribution in [2.75, 3.05) is 0 Å². The molecule has 76 valence electrons. The highest BCUT2D eigenvalue weighted by Gasteiger charge is 2.63. The van der Waals surface area contributed by atoms with Gasteiger partial charge in [-0.05, 0) is 67.6 Å². The van der Waals surface area contributed by atoms with Crippen LogP contribution in [0.4, 0.5) is 0 Å². The van der Waals surface area contributed by atoms with E-state index >= 15 is 0 Å². The zero-order valence-corrected chi connectivity index (χ0v) is 9.29. The van der Waals surface area contributed by atoms with Gasteiger partial charge in [0.05, 0.1) is 0 Å². The van der Waals surface area contributed by atoms with Crippen molar-refractivity contribution in [1.29, 1.82) is 0 Å². The third kappa shape index (κ3) is 0.647. The molecule has 0 aromatic carbocycles. The molecule has 0 amide bonds. The first-order chi connectivity index (χ1) is 6.70. The molecule has 4 bridgehead atoms. The van der Waals surface area contributed by atoms with Crippen molar-refractivity contribution in [3.63, 3.8) is 0 Å². The summed E-state index contributed by atoms with van der Waals surface area (Å²) < 4.78 is 0. The van der Waals surface area contributed by atoms with Crippen molar-refractivity contribution in [2.45, 2.75) is 39.5 Å². The first-order valence-corrected chi connectivity index (χ1v) is 6.39. The van der Waals surface area contributed by atoms with Gasteiger partial charge in [0.15, 0.2) is 0 Å². The van der Waals surface area contributed by atoms with Crippen LogP contribution in [-0.4, -0.2) is 0 Å². The van der Waals surface area contributed by atoms with Crippen LogP contribution >= 0.6 is 0 Å². The molecule has 3 fully saturated rings. The smallest absolute Gasteiger partial charge is 0.00795 e. The number of rotatable bonds is 0. The molecule has 0 N–H and O–H groups in total. The van der Waals surface area contributed by atoms with Crippen molar-refractivity contribution < 1.29 is 0 Å². The topological polar surface area (TPSA) is 0 Å². The van der Waals surface area contributed by atoms with Gasteiger partial charge in [0, 0.05) is 0 Å². The Morgan fingerprint density at radius 2 is 2.07 bits per heavy atom. The zero-order valence-electron chi connectivity index (χ0n) is 9.29. The van der Waals surface area contributed by atoms with Gasteiger partial charge < -0.3 is 0 Å². The molecule has 0 aromatic heterocycles. The molecule has 0 heterocycles. The van der Waals surface area contributed by atoms with Crippen LogP contribution in [0.15, 0.2) is 11.6 Å². The summed E-state index contributed by atoms with van der Waals surface area (Å²) >= 11 is 0. The first kappa shape index (κ1) is 7.96. The molecule has 6 unspecified atom stereocenters. The third-order valence-corrected chi connectivity index (χ3v) is 6.24. The summed E-state index contributed by atoms with van der Waals surface area (Å²) in [6, 6.07) is 0. The van der Waals surface area contributed by atoms with Gasteiger partial charge in [-0.2, -0.15) is 0 Å². The Morgan fingerprint density at radius 3 is 2.93 bits per heavy atom. The molecule has 0 spiro atoms. The van der Waals surface area contributed by atoms with Gasteiger partial charge in [-0.15, -0.1) is 0 Å². The van der Waals surface area contributed by atoms with Crippen LogP contribution in [0.25, 0.3) is 0 Å². The van der Waals surface area contributed by atoms with E-state index in [9.17, 15) is 0 Å². The fourth-order valence-electron chi connectivity index (χ4n) is 5.76. The minimum Gasteiger partial charge on any atom is -0.0816 e. The predicted octanol–water partition coefficient (Wildman–Crippen LogP) is 3.63. The van der Waals surface area contributed by atoms with Gasteiger partial charge in [0.1, 0.15) is 0 Å². The lowest BCUT2D eigenvalue weighted by Gasteiger charge is -2.40. The Morgan fingerprint density at radius 1 is 1.29 bits per heavy atom. The molecule has 4 aliphatic rings. The highest BCUT2D eigenvalue weighted by atomic mass is 14.7. The van der Waals surface area contributed by atoms with Crippen molar-refractivity contribution in [2.24, 2.45) is 35.0 Å². The molecule has 6 atom stereocenters. The van der Waals surface area contributed by atoms with Crippen LogP contribution in [-0.2, 0) is 0 Å². The van der Waals surface area contributed by atoms with Crippen molar-refractivity contribution >= 4 is 0 Å². The highest BCUT2D eigenvalue weighted by Crippen LogP contribution is 2.71. The van der Waals surface area contributed by atoms with Crippen molar-refractivity contribution in [3.8, 4) is 0 Å². The number of fused-ring (bicyclic) bond motifs is 9. The summed E-state index contributed by atoms with van der Waals surface area (Å²) in [4.78, 5) is 0. The molecule has 14 heavy (non-hydrogen) atoms. The van der Waals surface area contributed by atoms with E-state index < -0.39 is 0 Å². The molecular formula is C14H20. The van der Waals surface area contributed by atoms with E-state index in [0.29, 0.717) is 5.41 Å². The molecule has 0 aliphatic heterocycles. The quantitative estimate of drug-likeness (QED) is 0.402. The summed E-state index contributed by atoms with van der Waals surface area (Å²) in [6.07, 6.45) is 8.83. The highest BCUT2D eigenvalue weighted by molar-refractivity contribution is 5.31. The molecule has 0 aromatic rings.